The molecule has 2 aromatic carbocycles. The van der Waals surface area contributed by atoms with Crippen LogP contribution in [-0.2, 0) is 0 Å². The van der Waals surface area contributed by atoms with Crippen molar-refractivity contribution in [3.05, 3.63) is 53.6 Å². The molecule has 0 radical (unpaired) electrons. The van der Waals surface area contributed by atoms with Gasteiger partial charge in [0.05, 0.1) is 10.2 Å². The van der Waals surface area contributed by atoms with Crippen molar-refractivity contribution in [2.45, 2.75) is 6.92 Å². The zero-order chi connectivity index (χ0) is 13.4. The van der Waals surface area contributed by atoms with E-state index in [0.29, 0.717) is 5.56 Å². The highest BCUT2D eigenvalue weighted by atomic mass is 32.1. The molecular formula is C15H12N2OS. The third-order valence-electron chi connectivity index (χ3n) is 3.04. The summed E-state index contributed by atoms with van der Waals surface area (Å²) in [5.41, 5.74) is 8.73. The summed E-state index contributed by atoms with van der Waals surface area (Å²) in [6.07, 6.45) is 0. The van der Waals surface area contributed by atoms with E-state index in [1.165, 1.54) is 0 Å². The van der Waals surface area contributed by atoms with Crippen LogP contribution >= 0.6 is 11.3 Å². The van der Waals surface area contributed by atoms with Gasteiger partial charge in [-0.2, -0.15) is 0 Å². The molecule has 0 unspecified atom stereocenters. The van der Waals surface area contributed by atoms with Crippen molar-refractivity contribution in [2.75, 3.05) is 0 Å². The number of fused-ring (bicyclic) bond motifs is 1. The second kappa shape index (κ2) is 4.48. The molecule has 0 atom stereocenters. The first kappa shape index (κ1) is 11.9. The van der Waals surface area contributed by atoms with Gasteiger partial charge in [0, 0.05) is 11.1 Å². The lowest BCUT2D eigenvalue weighted by Crippen LogP contribution is -2.12. The van der Waals surface area contributed by atoms with E-state index in [1.54, 1.807) is 11.3 Å². The number of nitrogens with zero attached hydrogens (tertiary/aromatic N) is 1. The molecule has 0 saturated heterocycles. The minimum atomic E-state index is -0.402. The minimum absolute atomic E-state index is 0.402. The Morgan fingerprint density at radius 1 is 1.21 bits per heavy atom. The Balaban J connectivity index is 2.16. The van der Waals surface area contributed by atoms with Gasteiger partial charge in [-0.15, -0.1) is 11.3 Å². The number of primary amides is 1. The van der Waals surface area contributed by atoms with Crippen molar-refractivity contribution >= 4 is 27.5 Å². The number of carbonyl (C=O) groups excluding carboxylic acids is 1. The van der Waals surface area contributed by atoms with Crippen LogP contribution in [0.2, 0.25) is 0 Å². The summed E-state index contributed by atoms with van der Waals surface area (Å²) in [7, 11) is 0. The number of para-hydroxylation sites is 1. The van der Waals surface area contributed by atoms with Gasteiger partial charge in [-0.25, -0.2) is 4.98 Å². The van der Waals surface area contributed by atoms with Gasteiger partial charge in [0.15, 0.2) is 0 Å². The summed E-state index contributed by atoms with van der Waals surface area (Å²) in [6.45, 7) is 1.88. The number of benzene rings is 2. The zero-order valence-corrected chi connectivity index (χ0v) is 11.2. The standard InChI is InChI=1S/C15H12N2OS/c1-9-6-7-10(8-11(9)14(16)18)15-17-12-4-2-3-5-13(12)19-15/h2-8H,1H3,(H2,16,18). The Hall–Kier alpha value is -2.20. The first-order valence-electron chi connectivity index (χ1n) is 5.91. The Kier molecular flexibility index (Phi) is 2.80. The predicted molar refractivity (Wildman–Crippen MR) is 78.3 cm³/mol. The van der Waals surface area contributed by atoms with Gasteiger partial charge < -0.3 is 5.73 Å². The van der Waals surface area contributed by atoms with Crippen molar-refractivity contribution in [3.8, 4) is 10.6 Å². The predicted octanol–water partition coefficient (Wildman–Crippen LogP) is 3.37. The van der Waals surface area contributed by atoms with E-state index >= 15 is 0 Å². The number of hydrogen-bond acceptors (Lipinski definition) is 3. The number of amides is 1. The fourth-order valence-electron chi connectivity index (χ4n) is 2.02. The number of aryl methyl sites for hydroxylation is 1. The van der Waals surface area contributed by atoms with E-state index in [2.05, 4.69) is 4.98 Å². The molecule has 1 aromatic heterocycles. The first-order chi connectivity index (χ1) is 9.15. The van der Waals surface area contributed by atoms with Crippen LogP contribution in [0.25, 0.3) is 20.8 Å². The number of nitrogens with two attached hydrogens (primary N) is 1. The summed E-state index contributed by atoms with van der Waals surface area (Å²) < 4.78 is 1.14. The van der Waals surface area contributed by atoms with Crippen LogP contribution in [0.5, 0.6) is 0 Å². The summed E-state index contributed by atoms with van der Waals surface area (Å²) in [5.74, 6) is -0.402. The van der Waals surface area contributed by atoms with Crippen LogP contribution in [0, 0.1) is 6.92 Å². The third-order valence-corrected chi connectivity index (χ3v) is 4.13. The third kappa shape index (κ3) is 2.11. The molecular weight excluding hydrogens is 256 g/mol. The Morgan fingerprint density at radius 3 is 2.74 bits per heavy atom. The Morgan fingerprint density at radius 2 is 2.00 bits per heavy atom. The molecule has 94 valence electrons. The van der Waals surface area contributed by atoms with E-state index < -0.39 is 5.91 Å². The number of carbonyl (C=O) groups is 1. The lowest BCUT2D eigenvalue weighted by Gasteiger charge is -2.03. The second-order valence-corrected chi connectivity index (χ2v) is 5.41. The molecule has 0 aliphatic rings. The molecule has 0 spiro atoms. The molecule has 0 aliphatic heterocycles. The Bertz CT molecular complexity index is 744. The van der Waals surface area contributed by atoms with Gasteiger partial charge in [0.2, 0.25) is 5.91 Å². The van der Waals surface area contributed by atoms with Crippen LogP contribution in [0.1, 0.15) is 15.9 Å². The SMILES string of the molecule is Cc1ccc(-c2nc3ccccc3s2)cc1C(N)=O. The molecule has 19 heavy (non-hydrogen) atoms. The van der Waals surface area contributed by atoms with Crippen LogP contribution in [-0.4, -0.2) is 10.9 Å². The van der Waals surface area contributed by atoms with Crippen LogP contribution in [0.4, 0.5) is 0 Å². The van der Waals surface area contributed by atoms with Gasteiger partial charge in [0.25, 0.3) is 0 Å². The van der Waals surface area contributed by atoms with Crippen LogP contribution < -0.4 is 5.73 Å². The maximum atomic E-state index is 11.4. The highest BCUT2D eigenvalue weighted by Crippen LogP contribution is 2.30. The summed E-state index contributed by atoms with van der Waals surface area (Å²) in [6, 6.07) is 13.7. The number of aromatic nitrogens is 1. The molecule has 1 heterocycles. The fraction of sp³-hybridized carbons (Fsp3) is 0.0667. The minimum Gasteiger partial charge on any atom is -0.366 e. The van der Waals surface area contributed by atoms with Crippen LogP contribution in [0.15, 0.2) is 42.5 Å². The molecule has 4 heteroatoms. The molecule has 3 nitrogen and oxygen atoms in total. The van der Waals surface area contributed by atoms with E-state index in [1.807, 2.05) is 49.4 Å². The van der Waals surface area contributed by atoms with Gasteiger partial charge >= 0.3 is 0 Å². The summed E-state index contributed by atoms with van der Waals surface area (Å²) >= 11 is 1.61. The summed E-state index contributed by atoms with van der Waals surface area (Å²) in [5, 5.41) is 0.906. The van der Waals surface area contributed by atoms with Crippen LogP contribution in [0.3, 0.4) is 0 Å². The van der Waals surface area contributed by atoms with E-state index in [9.17, 15) is 4.79 Å². The van der Waals surface area contributed by atoms with Gasteiger partial charge in [-0.05, 0) is 30.7 Å². The van der Waals surface area contributed by atoms with Crippen molar-refractivity contribution < 1.29 is 4.79 Å². The monoisotopic (exact) mass is 268 g/mol. The first-order valence-corrected chi connectivity index (χ1v) is 6.73. The normalized spacial score (nSPS) is 10.8. The number of thiazole rings is 1. The van der Waals surface area contributed by atoms with E-state index in [0.717, 1.165) is 26.4 Å². The highest BCUT2D eigenvalue weighted by molar-refractivity contribution is 7.21. The highest BCUT2D eigenvalue weighted by Gasteiger charge is 2.10. The molecule has 3 rings (SSSR count). The van der Waals surface area contributed by atoms with Gasteiger partial charge in [-0.3, -0.25) is 4.79 Å². The van der Waals surface area contributed by atoms with Crippen molar-refractivity contribution in [3.63, 3.8) is 0 Å². The number of hydrogen-bond donors (Lipinski definition) is 1. The van der Waals surface area contributed by atoms with Crippen molar-refractivity contribution in [1.29, 1.82) is 0 Å². The molecule has 0 bridgehead atoms. The van der Waals surface area contributed by atoms with Crippen molar-refractivity contribution in [1.82, 2.24) is 4.98 Å². The topological polar surface area (TPSA) is 56.0 Å². The van der Waals surface area contributed by atoms with E-state index in [4.69, 9.17) is 5.73 Å². The zero-order valence-electron chi connectivity index (χ0n) is 10.4. The fourth-order valence-corrected chi connectivity index (χ4v) is 2.98. The smallest absolute Gasteiger partial charge is 0.248 e. The molecule has 0 fully saturated rings. The second-order valence-electron chi connectivity index (χ2n) is 4.38. The maximum Gasteiger partial charge on any atom is 0.248 e. The van der Waals surface area contributed by atoms with Gasteiger partial charge in [0.1, 0.15) is 5.01 Å². The molecule has 2 N–H and O–H groups in total. The molecule has 3 aromatic rings. The molecule has 1 amide bonds. The molecule has 0 aliphatic carbocycles. The van der Waals surface area contributed by atoms with Gasteiger partial charge in [-0.1, -0.05) is 24.3 Å². The summed E-state index contributed by atoms with van der Waals surface area (Å²) in [4.78, 5) is 16.0. The van der Waals surface area contributed by atoms with E-state index in [-0.39, 0.29) is 0 Å². The lowest BCUT2D eigenvalue weighted by molar-refractivity contribution is 0.1000. The average Bonchev–Trinajstić information content (AvgIpc) is 2.82. The largest absolute Gasteiger partial charge is 0.366 e. The number of rotatable bonds is 2. The van der Waals surface area contributed by atoms with Crippen molar-refractivity contribution in [2.24, 2.45) is 5.73 Å². The average molecular weight is 268 g/mol. The maximum absolute atomic E-state index is 11.4. The lowest BCUT2D eigenvalue weighted by atomic mass is 10.0. The molecule has 0 saturated carbocycles. The quantitative estimate of drug-likeness (QED) is 0.774. The Labute approximate surface area is 114 Å².